The van der Waals surface area contributed by atoms with Gasteiger partial charge in [0.2, 0.25) is 0 Å². The minimum atomic E-state index is -5.06. The molecule has 0 spiro atoms. The summed E-state index contributed by atoms with van der Waals surface area (Å²) in [4.78, 5) is 12.9. The van der Waals surface area contributed by atoms with E-state index in [4.69, 9.17) is 18.9 Å². The van der Waals surface area contributed by atoms with Crippen molar-refractivity contribution in [3.05, 3.63) is 24.3 Å². The van der Waals surface area contributed by atoms with Gasteiger partial charge in [-0.05, 0) is 64.2 Å². The Hall–Kier alpha value is -1.42. The number of hydrogen-bond donors (Lipinski definition) is 4. The van der Waals surface area contributed by atoms with E-state index in [0.29, 0.717) is 13.0 Å². The van der Waals surface area contributed by atoms with Crippen molar-refractivity contribution in [2.24, 2.45) is 0 Å². The van der Waals surface area contributed by atoms with Crippen LogP contribution in [0.2, 0.25) is 0 Å². The van der Waals surface area contributed by atoms with Gasteiger partial charge in [-0.2, -0.15) is 8.42 Å². The summed E-state index contributed by atoms with van der Waals surface area (Å²) in [5, 5.41) is 30.8. The molecule has 13 heteroatoms. The summed E-state index contributed by atoms with van der Waals surface area (Å²) < 4.78 is 59.3. The molecular weight excluding hydrogens is 873 g/mol. The molecule has 1 fully saturated rings. The Balaban J connectivity index is 2.32. The molecule has 0 radical (unpaired) electrons. The first-order valence-corrected chi connectivity index (χ1v) is 29.0. The van der Waals surface area contributed by atoms with E-state index in [1.165, 1.54) is 186 Å². The number of allylic oxidation sites excluding steroid dienone is 4. The van der Waals surface area contributed by atoms with Crippen LogP contribution in [0.4, 0.5) is 0 Å². The second-order valence-electron chi connectivity index (χ2n) is 19.2. The van der Waals surface area contributed by atoms with E-state index in [1.54, 1.807) is 0 Å². The van der Waals surface area contributed by atoms with Crippen molar-refractivity contribution in [1.82, 2.24) is 0 Å². The SMILES string of the molecule is CCCCCCCCC/C=C\CCCCCCCCCCOCC(COC1OC(CO)C(O)C(OS(=O)(=O)O)C1O)OC(=O)CCCCCCCCCCC/C=C\CCCCCCCCCC. The molecule has 396 valence electrons. The molecule has 0 saturated carbocycles. The van der Waals surface area contributed by atoms with E-state index in [2.05, 4.69) is 42.3 Å². The third kappa shape index (κ3) is 39.0. The molecule has 6 unspecified atom stereocenters. The number of rotatable bonds is 49. The third-order valence-electron chi connectivity index (χ3n) is 12.8. The molecule has 6 atom stereocenters. The summed E-state index contributed by atoms with van der Waals surface area (Å²) in [5.41, 5.74) is 0. The maximum atomic E-state index is 12.9. The maximum absolute atomic E-state index is 12.9. The minimum Gasteiger partial charge on any atom is -0.457 e. The van der Waals surface area contributed by atoms with E-state index >= 15 is 0 Å². The van der Waals surface area contributed by atoms with Gasteiger partial charge >= 0.3 is 16.4 Å². The Morgan fingerprint density at radius 1 is 0.552 bits per heavy atom. The molecule has 1 saturated heterocycles. The lowest BCUT2D eigenvalue weighted by atomic mass is 9.99. The zero-order valence-electron chi connectivity index (χ0n) is 42.7. The Bertz CT molecular complexity index is 1260. The summed E-state index contributed by atoms with van der Waals surface area (Å²) in [6.07, 6.45) is 44.9. The molecule has 12 nitrogen and oxygen atoms in total. The number of aliphatic hydroxyl groups is 3. The first kappa shape index (κ1) is 63.6. The van der Waals surface area contributed by atoms with Gasteiger partial charge in [0.15, 0.2) is 6.29 Å². The first-order valence-electron chi connectivity index (χ1n) is 27.6. The average molecular weight is 975 g/mol. The Kier molecular flexibility index (Phi) is 43.4. The van der Waals surface area contributed by atoms with E-state index in [1.807, 2.05) is 0 Å². The minimum absolute atomic E-state index is 0.0364. The van der Waals surface area contributed by atoms with Gasteiger partial charge in [-0.3, -0.25) is 9.35 Å². The van der Waals surface area contributed by atoms with Gasteiger partial charge in [-0.1, -0.05) is 205 Å². The standard InChI is InChI=1S/C54H102O12S/c1-3-5-7-9-11-13-15-17-19-21-23-24-25-27-29-31-33-35-37-39-41-43-50(56)64-48(47-63-54-52(58)53(66-67(59,60)61)51(57)49(45-55)65-54)46-62-44-42-40-38-36-34-32-30-28-26-22-20-18-16-14-12-10-8-6-4-2/h20-23,48-49,51-55,57-58H,3-19,24-47H2,1-2H3,(H,59,60,61)/b22-20-,23-21-. The zero-order valence-corrected chi connectivity index (χ0v) is 43.5. The number of ether oxygens (including phenoxy) is 4. The van der Waals surface area contributed by atoms with Crippen LogP contribution in [0.25, 0.3) is 0 Å². The van der Waals surface area contributed by atoms with Crippen molar-refractivity contribution in [2.75, 3.05) is 26.4 Å². The topological polar surface area (TPSA) is 178 Å². The molecular formula is C54H102O12S. The highest BCUT2D eigenvalue weighted by Gasteiger charge is 2.48. The number of carbonyl (C=O) groups excluding carboxylic acids is 1. The fourth-order valence-corrected chi connectivity index (χ4v) is 9.11. The molecule has 0 aromatic rings. The number of aliphatic hydroxyl groups excluding tert-OH is 3. The van der Waals surface area contributed by atoms with Gasteiger partial charge in [-0.15, -0.1) is 0 Å². The van der Waals surface area contributed by atoms with E-state index < -0.39 is 59.8 Å². The summed E-state index contributed by atoms with van der Waals surface area (Å²) in [6, 6.07) is 0. The van der Waals surface area contributed by atoms with Gasteiger partial charge in [-0.25, -0.2) is 4.18 Å². The second-order valence-corrected chi connectivity index (χ2v) is 20.2. The Morgan fingerprint density at radius 2 is 0.940 bits per heavy atom. The normalized spacial score (nSPS) is 19.5. The van der Waals surface area contributed by atoms with Crippen LogP contribution in [-0.4, -0.2) is 97.5 Å². The largest absolute Gasteiger partial charge is 0.457 e. The quantitative estimate of drug-likeness (QED) is 0.0197. The first-order chi connectivity index (χ1) is 32.6. The van der Waals surface area contributed by atoms with Crippen LogP contribution >= 0.6 is 0 Å². The average Bonchev–Trinajstić information content (AvgIpc) is 3.30. The predicted molar refractivity (Wildman–Crippen MR) is 271 cm³/mol. The molecule has 0 aliphatic carbocycles. The van der Waals surface area contributed by atoms with Crippen LogP contribution in [-0.2, 0) is 38.3 Å². The van der Waals surface area contributed by atoms with Crippen molar-refractivity contribution in [3.8, 4) is 0 Å². The van der Waals surface area contributed by atoms with Crippen LogP contribution in [0.5, 0.6) is 0 Å². The van der Waals surface area contributed by atoms with Gasteiger partial charge in [0, 0.05) is 13.0 Å². The van der Waals surface area contributed by atoms with Crippen LogP contribution < -0.4 is 0 Å². The molecule has 67 heavy (non-hydrogen) atoms. The van der Waals surface area contributed by atoms with Crippen molar-refractivity contribution < 1.29 is 56.2 Å². The number of carbonyl (C=O) groups is 1. The monoisotopic (exact) mass is 975 g/mol. The van der Waals surface area contributed by atoms with E-state index in [-0.39, 0.29) is 19.6 Å². The molecule has 4 N–H and O–H groups in total. The Morgan fingerprint density at radius 3 is 1.34 bits per heavy atom. The van der Waals surface area contributed by atoms with Crippen molar-refractivity contribution >= 4 is 16.4 Å². The van der Waals surface area contributed by atoms with Gasteiger partial charge < -0.3 is 34.3 Å². The molecule has 1 aliphatic rings. The highest BCUT2D eigenvalue weighted by atomic mass is 32.3. The van der Waals surface area contributed by atoms with Gasteiger partial charge in [0.1, 0.15) is 30.5 Å². The molecule has 0 amide bonds. The lowest BCUT2D eigenvalue weighted by Crippen LogP contribution is -2.60. The van der Waals surface area contributed by atoms with Crippen molar-refractivity contribution in [2.45, 2.75) is 288 Å². The summed E-state index contributed by atoms with van der Waals surface area (Å²) >= 11 is 0. The van der Waals surface area contributed by atoms with E-state index in [9.17, 15) is 33.1 Å². The Labute approximate surface area is 410 Å². The van der Waals surface area contributed by atoms with Crippen LogP contribution in [0, 0.1) is 0 Å². The molecule has 0 aromatic heterocycles. The molecule has 1 rings (SSSR count). The van der Waals surface area contributed by atoms with Crippen molar-refractivity contribution in [1.29, 1.82) is 0 Å². The third-order valence-corrected chi connectivity index (χ3v) is 13.3. The fraction of sp³-hybridized carbons (Fsp3) is 0.907. The predicted octanol–water partition coefficient (Wildman–Crippen LogP) is 13.1. The molecule has 1 heterocycles. The number of esters is 1. The smallest absolute Gasteiger partial charge is 0.397 e. The lowest BCUT2D eigenvalue weighted by molar-refractivity contribution is -0.301. The van der Waals surface area contributed by atoms with Crippen LogP contribution in [0.1, 0.15) is 251 Å². The molecule has 0 aromatic carbocycles. The lowest BCUT2D eigenvalue weighted by Gasteiger charge is -2.41. The fourth-order valence-electron chi connectivity index (χ4n) is 8.61. The second kappa shape index (κ2) is 45.7. The number of hydrogen-bond acceptors (Lipinski definition) is 11. The highest BCUT2D eigenvalue weighted by molar-refractivity contribution is 7.80. The van der Waals surface area contributed by atoms with Crippen molar-refractivity contribution in [3.63, 3.8) is 0 Å². The molecule has 0 bridgehead atoms. The van der Waals surface area contributed by atoms with Gasteiger partial charge in [0.05, 0.1) is 19.8 Å². The summed E-state index contributed by atoms with van der Waals surface area (Å²) in [7, 11) is -5.06. The van der Waals surface area contributed by atoms with Crippen LogP contribution in [0.15, 0.2) is 24.3 Å². The highest BCUT2D eigenvalue weighted by Crippen LogP contribution is 2.26. The number of unbranched alkanes of at least 4 members (excludes halogenated alkanes) is 32. The zero-order chi connectivity index (χ0) is 48.9. The van der Waals surface area contributed by atoms with Gasteiger partial charge in [0.25, 0.3) is 0 Å². The summed E-state index contributed by atoms with van der Waals surface area (Å²) in [5.74, 6) is -0.398. The maximum Gasteiger partial charge on any atom is 0.397 e. The van der Waals surface area contributed by atoms with Crippen LogP contribution in [0.3, 0.4) is 0 Å². The van der Waals surface area contributed by atoms with E-state index in [0.717, 1.165) is 38.5 Å². The molecule has 1 aliphatic heterocycles. The summed E-state index contributed by atoms with van der Waals surface area (Å²) in [6.45, 7) is 4.03.